The molecule has 4 nitrogen and oxygen atoms in total. The third kappa shape index (κ3) is 5.11. The number of fused-ring (bicyclic) bond motifs is 1. The first-order valence-corrected chi connectivity index (χ1v) is 10.1. The fourth-order valence-corrected chi connectivity index (χ4v) is 3.89. The summed E-state index contributed by atoms with van der Waals surface area (Å²) in [6.45, 7) is 0. The zero-order valence-electron chi connectivity index (χ0n) is 14.7. The van der Waals surface area contributed by atoms with E-state index >= 15 is 0 Å². The smallest absolute Gasteiger partial charge is 0.425 e. The minimum absolute atomic E-state index is 0.0567. The summed E-state index contributed by atoms with van der Waals surface area (Å²) in [6.07, 6.45) is -4.46. The molecule has 10 heteroatoms. The lowest BCUT2D eigenvalue weighted by molar-refractivity contribution is -0.134. The molecule has 0 aliphatic heterocycles. The maximum atomic E-state index is 12.8. The van der Waals surface area contributed by atoms with E-state index in [1.807, 2.05) is 22.9 Å². The molecule has 4 aromatic rings. The van der Waals surface area contributed by atoms with Crippen LogP contribution in [0.3, 0.4) is 0 Å². The zero-order chi connectivity index (χ0) is 21.0. The van der Waals surface area contributed by atoms with Gasteiger partial charge in [0.15, 0.2) is 5.82 Å². The summed E-state index contributed by atoms with van der Waals surface area (Å²) in [5.74, 6) is -0.316. The molecule has 0 fully saturated rings. The average Bonchev–Trinajstić information content (AvgIpc) is 3.40. The molecule has 0 radical (unpaired) electrons. The Labute approximate surface area is 176 Å². The summed E-state index contributed by atoms with van der Waals surface area (Å²) in [7, 11) is 1.27. The van der Waals surface area contributed by atoms with E-state index in [9.17, 15) is 18.0 Å². The van der Waals surface area contributed by atoms with Crippen LogP contribution in [0.15, 0.2) is 53.2 Å². The van der Waals surface area contributed by atoms with E-state index < -0.39 is 17.0 Å². The van der Waals surface area contributed by atoms with Gasteiger partial charge in [0.1, 0.15) is 14.9 Å². The van der Waals surface area contributed by atoms with Crippen molar-refractivity contribution in [3.63, 3.8) is 0 Å². The molecule has 0 unspecified atom stereocenters. The lowest BCUT2D eigenvalue weighted by Crippen LogP contribution is -2.00. The van der Waals surface area contributed by atoms with Gasteiger partial charge >= 0.3 is 12.1 Å². The van der Waals surface area contributed by atoms with E-state index in [-0.39, 0.29) is 21.2 Å². The Balaban J connectivity index is 0.000000419. The van der Waals surface area contributed by atoms with E-state index in [1.165, 1.54) is 19.2 Å². The predicted molar refractivity (Wildman–Crippen MR) is 109 cm³/mol. The molecular formula is C19H12ClF3N2O2S2. The highest BCUT2D eigenvalue weighted by molar-refractivity contribution is 7.18. The van der Waals surface area contributed by atoms with Crippen LogP contribution in [0.1, 0.15) is 15.2 Å². The lowest BCUT2D eigenvalue weighted by Gasteiger charge is -2.03. The molecule has 0 saturated heterocycles. The summed E-state index contributed by atoms with van der Waals surface area (Å²) < 4.78 is 43.0. The maximum Gasteiger partial charge on any atom is 0.425 e. The highest BCUT2D eigenvalue weighted by atomic mass is 35.5. The Morgan fingerprint density at radius 3 is 2.28 bits per heavy atom. The van der Waals surface area contributed by atoms with Gasteiger partial charge in [-0.1, -0.05) is 35.9 Å². The number of methoxy groups -OCH3 is 1. The second-order valence-electron chi connectivity index (χ2n) is 5.53. The van der Waals surface area contributed by atoms with Crippen LogP contribution in [0.25, 0.3) is 21.6 Å². The topological polar surface area (TPSA) is 52.1 Å². The number of alkyl halides is 3. The standard InChI is InChI=1S/C15H8ClF3N2O2S.C4H4S/c1-23-14(22)8-4-2-7(3-5-8)12-20-11(16)9-6-10(15(17,18)19)24-13(9)21-12;1-2-4-5-3-1/h2-6H,1H3;1-4H. The van der Waals surface area contributed by atoms with Crippen LogP contribution < -0.4 is 0 Å². The van der Waals surface area contributed by atoms with E-state index in [2.05, 4.69) is 14.7 Å². The fourth-order valence-electron chi connectivity index (χ4n) is 2.26. The molecule has 29 heavy (non-hydrogen) atoms. The summed E-state index contributed by atoms with van der Waals surface area (Å²) >= 11 is 8.21. The van der Waals surface area contributed by atoms with Crippen molar-refractivity contribution >= 4 is 50.5 Å². The number of benzene rings is 1. The third-order valence-electron chi connectivity index (χ3n) is 3.62. The van der Waals surface area contributed by atoms with Crippen molar-refractivity contribution < 1.29 is 22.7 Å². The monoisotopic (exact) mass is 456 g/mol. The Hall–Kier alpha value is -2.49. The van der Waals surface area contributed by atoms with Gasteiger partial charge in [-0.15, -0.1) is 11.3 Å². The zero-order valence-corrected chi connectivity index (χ0v) is 17.1. The largest absolute Gasteiger partial charge is 0.465 e. The number of aromatic nitrogens is 2. The Morgan fingerprint density at radius 1 is 1.10 bits per heavy atom. The number of thiophene rings is 2. The first-order chi connectivity index (χ1) is 13.8. The number of nitrogens with zero attached hydrogens (tertiary/aromatic N) is 2. The number of carbonyl (C=O) groups excluding carboxylic acids is 1. The van der Waals surface area contributed by atoms with Crippen molar-refractivity contribution in [2.45, 2.75) is 6.18 Å². The Kier molecular flexibility index (Phi) is 6.51. The van der Waals surface area contributed by atoms with Gasteiger partial charge in [0.05, 0.1) is 12.7 Å². The summed E-state index contributed by atoms with van der Waals surface area (Å²) in [4.78, 5) is 19.0. The summed E-state index contributed by atoms with van der Waals surface area (Å²) in [6, 6.07) is 11.1. The number of halogens is 4. The molecule has 0 amide bonds. The third-order valence-corrected chi connectivity index (χ3v) is 5.61. The first-order valence-electron chi connectivity index (χ1n) is 8.00. The van der Waals surface area contributed by atoms with E-state index in [0.29, 0.717) is 22.5 Å². The lowest BCUT2D eigenvalue weighted by atomic mass is 10.1. The van der Waals surface area contributed by atoms with Gasteiger partial charge in [0, 0.05) is 10.9 Å². The van der Waals surface area contributed by atoms with Crippen LogP contribution in [0, 0.1) is 0 Å². The molecular weight excluding hydrogens is 445 g/mol. The molecule has 3 heterocycles. The number of hydrogen-bond acceptors (Lipinski definition) is 6. The molecule has 0 spiro atoms. The van der Waals surface area contributed by atoms with Crippen molar-refractivity contribution in [1.29, 1.82) is 0 Å². The van der Waals surface area contributed by atoms with Crippen LogP contribution in [-0.2, 0) is 10.9 Å². The maximum absolute atomic E-state index is 12.8. The average molecular weight is 457 g/mol. The van der Waals surface area contributed by atoms with Crippen molar-refractivity contribution in [2.24, 2.45) is 0 Å². The van der Waals surface area contributed by atoms with Gasteiger partial charge in [0.2, 0.25) is 0 Å². The predicted octanol–water partition coefficient (Wildman–Crippen LogP) is 6.57. The molecule has 1 aromatic carbocycles. The van der Waals surface area contributed by atoms with Crippen molar-refractivity contribution in [3.8, 4) is 11.4 Å². The van der Waals surface area contributed by atoms with E-state index in [0.717, 1.165) is 6.07 Å². The minimum atomic E-state index is -4.46. The molecule has 0 atom stereocenters. The Bertz CT molecular complexity index is 1090. The van der Waals surface area contributed by atoms with Crippen LogP contribution in [0.4, 0.5) is 13.2 Å². The second-order valence-corrected chi connectivity index (χ2v) is 7.73. The van der Waals surface area contributed by atoms with Gasteiger partial charge in [-0.3, -0.25) is 0 Å². The number of esters is 1. The quantitative estimate of drug-likeness (QED) is 0.253. The van der Waals surface area contributed by atoms with Crippen molar-refractivity contribution in [2.75, 3.05) is 7.11 Å². The van der Waals surface area contributed by atoms with E-state index in [1.54, 1.807) is 23.5 Å². The molecule has 0 saturated carbocycles. The molecule has 150 valence electrons. The molecule has 3 aromatic heterocycles. The van der Waals surface area contributed by atoms with Gasteiger partial charge < -0.3 is 4.74 Å². The molecule has 0 bridgehead atoms. The molecule has 0 N–H and O–H groups in total. The fraction of sp³-hybridized carbons (Fsp3) is 0.105. The number of hydrogen-bond donors (Lipinski definition) is 0. The SMILES string of the molecule is COC(=O)c1ccc(-c2nc(Cl)c3cc(C(F)(F)F)sc3n2)cc1.c1ccsc1. The highest BCUT2D eigenvalue weighted by Gasteiger charge is 2.33. The number of carbonyl (C=O) groups is 1. The van der Waals surface area contributed by atoms with Crippen molar-refractivity contribution in [1.82, 2.24) is 9.97 Å². The van der Waals surface area contributed by atoms with Gasteiger partial charge in [-0.2, -0.15) is 24.5 Å². The van der Waals surface area contributed by atoms with Crippen molar-refractivity contribution in [3.05, 3.63) is 68.8 Å². The molecule has 0 aliphatic rings. The summed E-state index contributed by atoms with van der Waals surface area (Å²) in [5.41, 5.74) is 0.859. The normalized spacial score (nSPS) is 11.1. The van der Waals surface area contributed by atoms with Crippen LogP contribution in [0.2, 0.25) is 5.15 Å². The minimum Gasteiger partial charge on any atom is -0.465 e. The second kappa shape index (κ2) is 8.89. The van der Waals surface area contributed by atoms with Crippen LogP contribution in [0.5, 0.6) is 0 Å². The molecule has 4 rings (SSSR count). The number of rotatable bonds is 2. The molecule has 0 aliphatic carbocycles. The van der Waals surface area contributed by atoms with Crippen LogP contribution >= 0.6 is 34.3 Å². The summed E-state index contributed by atoms with van der Waals surface area (Å²) in [5, 5.41) is 4.18. The Morgan fingerprint density at radius 2 is 1.76 bits per heavy atom. The van der Waals surface area contributed by atoms with Crippen LogP contribution in [-0.4, -0.2) is 23.0 Å². The van der Waals surface area contributed by atoms with E-state index in [4.69, 9.17) is 11.6 Å². The number of ether oxygens (including phenoxy) is 1. The highest BCUT2D eigenvalue weighted by Crippen LogP contribution is 2.39. The first kappa shape index (κ1) is 21.2. The van der Waals surface area contributed by atoms with Gasteiger partial charge in [-0.25, -0.2) is 14.8 Å². The van der Waals surface area contributed by atoms with Gasteiger partial charge in [-0.05, 0) is 29.0 Å². The van der Waals surface area contributed by atoms with Gasteiger partial charge in [0.25, 0.3) is 0 Å².